The van der Waals surface area contributed by atoms with Crippen LogP contribution in [0.2, 0.25) is 0 Å². The molecule has 0 saturated heterocycles. The molecule has 2 aliphatic heterocycles. The molecule has 28 heavy (non-hydrogen) atoms. The number of anilines is 1. The van der Waals surface area contributed by atoms with E-state index >= 15 is 0 Å². The van der Waals surface area contributed by atoms with Crippen LogP contribution in [0.3, 0.4) is 0 Å². The smallest absolute Gasteiger partial charge is 0.287 e. The summed E-state index contributed by atoms with van der Waals surface area (Å²) in [5.74, 6) is 2.57. The number of ether oxygens (including phenoxy) is 2. The van der Waals surface area contributed by atoms with Crippen molar-refractivity contribution in [1.82, 2.24) is 4.59 Å². The summed E-state index contributed by atoms with van der Waals surface area (Å²) >= 11 is 0. The Bertz CT molecular complexity index is 1010. The Hall–Kier alpha value is -3.45. The molecule has 0 amide bonds. The normalized spacial score (nSPS) is 19.7. The molecule has 1 atom stereocenters. The highest BCUT2D eigenvalue weighted by atomic mass is 16.5. The number of aliphatic imine (C=N–C) groups is 2. The second-order valence-corrected chi connectivity index (χ2v) is 6.73. The minimum absolute atomic E-state index is 0.0597. The van der Waals surface area contributed by atoms with Crippen LogP contribution in [0, 0.1) is 13.8 Å². The second kappa shape index (κ2) is 6.94. The van der Waals surface area contributed by atoms with E-state index < -0.39 is 0 Å². The molecule has 0 radical (unpaired) electrons. The Kier molecular flexibility index (Phi) is 4.44. The molecule has 2 aromatic carbocycles. The van der Waals surface area contributed by atoms with Gasteiger partial charge >= 0.3 is 0 Å². The van der Waals surface area contributed by atoms with Crippen LogP contribution >= 0.6 is 0 Å². The zero-order chi connectivity index (χ0) is 19.7. The molecule has 0 aliphatic carbocycles. The molecule has 0 fully saturated rings. The van der Waals surface area contributed by atoms with Crippen LogP contribution in [0.25, 0.3) is 0 Å². The summed E-state index contributed by atoms with van der Waals surface area (Å²) in [6.45, 7) is 4.13. The molecule has 7 nitrogen and oxygen atoms in total. The third-order valence-electron chi connectivity index (χ3n) is 4.59. The lowest BCUT2D eigenvalue weighted by Gasteiger charge is -2.24. The number of quaternary nitrogens is 1. The molecular formula is C21H22N5O2+. The fourth-order valence-electron chi connectivity index (χ4n) is 3.37. The summed E-state index contributed by atoms with van der Waals surface area (Å²) in [7, 11) is 3.25. The van der Waals surface area contributed by atoms with E-state index in [9.17, 15) is 0 Å². The van der Waals surface area contributed by atoms with Crippen molar-refractivity contribution in [3.8, 4) is 11.5 Å². The molecular weight excluding hydrogens is 354 g/mol. The van der Waals surface area contributed by atoms with Gasteiger partial charge in [0.05, 0.1) is 20.4 Å². The average molecular weight is 376 g/mol. The van der Waals surface area contributed by atoms with E-state index in [1.54, 1.807) is 26.6 Å². The molecule has 0 spiro atoms. The summed E-state index contributed by atoms with van der Waals surface area (Å²) < 4.78 is 10.9. The fourth-order valence-corrected chi connectivity index (χ4v) is 3.37. The zero-order valence-electron chi connectivity index (χ0n) is 16.3. The molecule has 1 N–H and O–H groups in total. The van der Waals surface area contributed by atoms with Gasteiger partial charge in [-0.15, -0.1) is 0 Å². The lowest BCUT2D eigenvalue weighted by atomic mass is 10.1. The lowest BCUT2D eigenvalue weighted by molar-refractivity contribution is 0.392. The van der Waals surface area contributed by atoms with E-state index in [0.29, 0.717) is 23.3 Å². The maximum Gasteiger partial charge on any atom is 0.287 e. The van der Waals surface area contributed by atoms with Crippen LogP contribution < -0.4 is 19.4 Å². The monoisotopic (exact) mass is 376 g/mol. The number of hydrogen-bond donors (Lipinski definition) is 1. The Morgan fingerprint density at radius 2 is 1.57 bits per heavy atom. The number of hydrogen-bond acceptors (Lipinski definition) is 6. The van der Waals surface area contributed by atoms with Gasteiger partial charge in [0.2, 0.25) is 0 Å². The van der Waals surface area contributed by atoms with Gasteiger partial charge in [0.15, 0.2) is 11.9 Å². The summed E-state index contributed by atoms with van der Waals surface area (Å²) in [6, 6.07) is 11.9. The maximum atomic E-state index is 5.43. The number of nitrogens with zero attached hydrogens (tertiary/aromatic N) is 4. The molecule has 142 valence electrons. The predicted molar refractivity (Wildman–Crippen MR) is 113 cm³/mol. The van der Waals surface area contributed by atoms with Gasteiger partial charge in [-0.25, -0.2) is 0 Å². The highest BCUT2D eigenvalue weighted by molar-refractivity contribution is 6.38. The van der Waals surface area contributed by atoms with Gasteiger partial charge in [0.25, 0.3) is 11.8 Å². The van der Waals surface area contributed by atoms with Crippen molar-refractivity contribution in [2.45, 2.75) is 13.8 Å². The van der Waals surface area contributed by atoms with Crippen LogP contribution in [0.1, 0.15) is 11.1 Å². The number of aryl methyl sites for hydroxylation is 2. The average Bonchev–Trinajstić information content (AvgIpc) is 3.05. The Morgan fingerprint density at radius 3 is 2.21 bits per heavy atom. The number of rotatable bonds is 4. The van der Waals surface area contributed by atoms with Gasteiger partial charge in [-0.2, -0.15) is 4.99 Å². The quantitative estimate of drug-likeness (QED) is 0.821. The molecule has 7 heteroatoms. The molecule has 0 saturated carbocycles. The third-order valence-corrected chi connectivity index (χ3v) is 4.59. The minimum Gasteiger partial charge on any atom is -0.496 e. The van der Waals surface area contributed by atoms with Crippen molar-refractivity contribution in [3.05, 3.63) is 59.9 Å². The highest BCUT2D eigenvalue weighted by Crippen LogP contribution is 2.36. The van der Waals surface area contributed by atoms with Crippen molar-refractivity contribution >= 4 is 29.4 Å². The minimum atomic E-state index is 0.0597. The van der Waals surface area contributed by atoms with Crippen molar-refractivity contribution < 1.29 is 9.47 Å². The summed E-state index contributed by atoms with van der Waals surface area (Å²) in [5, 5.41) is 8.19. The fraction of sp³-hybridized carbons (Fsp3) is 0.190. The van der Waals surface area contributed by atoms with E-state index in [1.165, 1.54) is 11.1 Å². The molecule has 2 heterocycles. The van der Waals surface area contributed by atoms with E-state index in [0.717, 1.165) is 11.4 Å². The first-order valence-electron chi connectivity index (χ1n) is 8.90. The highest BCUT2D eigenvalue weighted by Gasteiger charge is 2.43. The summed E-state index contributed by atoms with van der Waals surface area (Å²) in [6.07, 6.45) is 5.31. The first-order chi connectivity index (χ1) is 13.5. The van der Waals surface area contributed by atoms with Gasteiger partial charge in [0.1, 0.15) is 17.7 Å². The number of fused-ring (bicyclic) bond motifs is 1. The Balaban J connectivity index is 1.78. The summed E-state index contributed by atoms with van der Waals surface area (Å²) in [5.41, 5.74) is 4.14. The lowest BCUT2D eigenvalue weighted by Crippen LogP contribution is -2.44. The van der Waals surface area contributed by atoms with Crippen molar-refractivity contribution in [3.63, 3.8) is 0 Å². The SMILES string of the molecule is COc1cc(OC)cc([N+]23C=CN=CC2=NC(Nc2cc(C)cc(C)c2)=N3)c1. The standard InChI is InChI=1S/C21H22N5O2/c1-14-7-15(2)9-16(8-14)23-21-24-20-13-22-5-6-26(20,25-21)17-10-18(27-3)12-19(11-17)28-4/h5-13H,1-4H3,(H,23,25)/q+1. The topological polar surface area (TPSA) is 67.6 Å². The Labute approximate surface area is 163 Å². The van der Waals surface area contributed by atoms with Gasteiger partial charge in [-0.1, -0.05) is 10.7 Å². The van der Waals surface area contributed by atoms with Gasteiger partial charge in [0, 0.05) is 23.9 Å². The van der Waals surface area contributed by atoms with Crippen molar-refractivity contribution in [1.29, 1.82) is 0 Å². The molecule has 2 aliphatic rings. The molecule has 0 bridgehead atoms. The number of amidine groups is 1. The largest absolute Gasteiger partial charge is 0.496 e. The first kappa shape index (κ1) is 17.9. The van der Waals surface area contributed by atoms with E-state index in [-0.39, 0.29) is 4.59 Å². The van der Waals surface area contributed by atoms with Crippen LogP contribution in [0.4, 0.5) is 11.4 Å². The van der Waals surface area contributed by atoms with Crippen molar-refractivity contribution in [2.24, 2.45) is 15.1 Å². The van der Waals surface area contributed by atoms with Crippen LogP contribution in [-0.4, -0.2) is 32.2 Å². The van der Waals surface area contributed by atoms with Gasteiger partial charge < -0.3 is 14.8 Å². The molecule has 4 rings (SSSR count). The first-order valence-corrected chi connectivity index (χ1v) is 8.90. The number of guanidine groups is 1. The number of nitrogens with one attached hydrogen (secondary N) is 1. The Morgan fingerprint density at radius 1 is 0.893 bits per heavy atom. The van der Waals surface area contributed by atoms with E-state index in [2.05, 4.69) is 47.3 Å². The summed E-state index contributed by atoms with van der Waals surface area (Å²) in [4.78, 5) is 8.90. The number of methoxy groups -OCH3 is 2. The maximum absolute atomic E-state index is 5.43. The van der Waals surface area contributed by atoms with Crippen molar-refractivity contribution in [2.75, 3.05) is 19.5 Å². The molecule has 1 unspecified atom stereocenters. The molecule has 2 aromatic rings. The third kappa shape index (κ3) is 3.16. The van der Waals surface area contributed by atoms with Gasteiger partial charge in [-0.05, 0) is 42.2 Å². The zero-order valence-corrected chi connectivity index (χ0v) is 16.3. The van der Waals surface area contributed by atoms with Crippen LogP contribution in [-0.2, 0) is 0 Å². The van der Waals surface area contributed by atoms with Gasteiger partial charge in [-0.3, -0.25) is 4.99 Å². The molecule has 0 aromatic heterocycles. The van der Waals surface area contributed by atoms with Crippen LogP contribution in [0.5, 0.6) is 11.5 Å². The van der Waals surface area contributed by atoms with E-state index in [1.807, 2.05) is 24.4 Å². The number of benzene rings is 2. The van der Waals surface area contributed by atoms with Crippen LogP contribution in [0.15, 0.2) is 63.9 Å². The predicted octanol–water partition coefficient (Wildman–Crippen LogP) is 3.98. The second-order valence-electron chi connectivity index (χ2n) is 6.73. The van der Waals surface area contributed by atoms with E-state index in [4.69, 9.17) is 14.6 Å².